The molecule has 0 fully saturated rings. The molecule has 23 heavy (non-hydrogen) atoms. The van der Waals surface area contributed by atoms with Gasteiger partial charge in [-0.05, 0) is 50.2 Å². The number of carbonyl (C=O) groups excluding carboxylic acids is 1. The van der Waals surface area contributed by atoms with Crippen LogP contribution in [0.3, 0.4) is 0 Å². The van der Waals surface area contributed by atoms with Crippen LogP contribution in [0.2, 0.25) is 5.02 Å². The van der Waals surface area contributed by atoms with Gasteiger partial charge in [0.05, 0.1) is 0 Å². The lowest BCUT2D eigenvalue weighted by atomic mass is 10.2. The van der Waals surface area contributed by atoms with Crippen LogP contribution in [0.25, 0.3) is 17.4 Å². The average molecular weight is 329 g/mol. The topological polar surface area (TPSA) is 57.2 Å². The first kappa shape index (κ1) is 16.9. The van der Waals surface area contributed by atoms with Crippen LogP contribution in [-0.2, 0) is 4.79 Å². The van der Waals surface area contributed by atoms with E-state index in [-0.39, 0.29) is 11.5 Å². The highest BCUT2D eigenvalue weighted by Crippen LogP contribution is 2.25. The zero-order valence-electron chi connectivity index (χ0n) is 13.0. The molecule has 2 rings (SSSR count). The molecule has 118 valence electrons. The molecule has 0 aliphatic heterocycles. The number of nitriles is 1. The van der Waals surface area contributed by atoms with Crippen molar-refractivity contribution in [3.8, 4) is 17.4 Å². The summed E-state index contributed by atoms with van der Waals surface area (Å²) in [5, 5.41) is 9.88. The van der Waals surface area contributed by atoms with E-state index >= 15 is 0 Å². The van der Waals surface area contributed by atoms with E-state index in [9.17, 15) is 10.1 Å². The van der Waals surface area contributed by atoms with Gasteiger partial charge < -0.3 is 9.32 Å². The van der Waals surface area contributed by atoms with Gasteiger partial charge in [-0.15, -0.1) is 0 Å². The molecule has 0 unspecified atom stereocenters. The molecule has 1 aromatic heterocycles. The molecule has 0 saturated heterocycles. The lowest BCUT2D eigenvalue weighted by Gasteiger charge is -2.17. The zero-order chi connectivity index (χ0) is 16.8. The Hall–Kier alpha value is -2.51. The molecule has 0 saturated carbocycles. The molecule has 0 aliphatic carbocycles. The fourth-order valence-corrected chi connectivity index (χ4v) is 2.29. The van der Waals surface area contributed by atoms with E-state index < -0.39 is 0 Å². The first-order chi connectivity index (χ1) is 11.1. The van der Waals surface area contributed by atoms with E-state index in [1.54, 1.807) is 29.2 Å². The summed E-state index contributed by atoms with van der Waals surface area (Å²) in [6.07, 6.45) is 1.47. The Morgan fingerprint density at radius 1 is 1.22 bits per heavy atom. The largest absolute Gasteiger partial charge is 0.457 e. The van der Waals surface area contributed by atoms with Gasteiger partial charge in [0.2, 0.25) is 0 Å². The predicted octanol–water partition coefficient (Wildman–Crippen LogP) is 4.38. The number of nitrogens with zero attached hydrogens (tertiary/aromatic N) is 2. The Labute approximate surface area is 140 Å². The smallest absolute Gasteiger partial charge is 0.264 e. The number of carbonyl (C=O) groups is 1. The molecule has 0 spiro atoms. The third-order valence-corrected chi connectivity index (χ3v) is 3.70. The SMILES string of the molecule is CCN(CC)C(=O)/C(C#N)=C/c1ccc(-c2ccc(Cl)cc2)o1. The Balaban J connectivity index is 2.27. The highest BCUT2D eigenvalue weighted by molar-refractivity contribution is 6.30. The van der Waals surface area contributed by atoms with Crippen molar-refractivity contribution in [1.29, 1.82) is 5.26 Å². The molecule has 0 radical (unpaired) electrons. The Kier molecular flexibility index (Phi) is 5.61. The van der Waals surface area contributed by atoms with Crippen molar-refractivity contribution in [3.63, 3.8) is 0 Å². The molecule has 0 bridgehead atoms. The number of hydrogen-bond donors (Lipinski definition) is 0. The van der Waals surface area contributed by atoms with Crippen molar-refractivity contribution in [2.45, 2.75) is 13.8 Å². The third kappa shape index (κ3) is 4.02. The van der Waals surface area contributed by atoms with Crippen molar-refractivity contribution in [1.82, 2.24) is 4.90 Å². The normalized spacial score (nSPS) is 11.1. The number of likely N-dealkylation sites (N-methyl/N-ethyl adjacent to an activating group) is 1. The van der Waals surface area contributed by atoms with Crippen molar-refractivity contribution >= 4 is 23.6 Å². The molecular weight excluding hydrogens is 312 g/mol. The first-order valence-corrected chi connectivity index (χ1v) is 7.73. The van der Waals surface area contributed by atoms with Crippen molar-refractivity contribution in [2.75, 3.05) is 13.1 Å². The lowest BCUT2D eigenvalue weighted by Crippen LogP contribution is -2.31. The van der Waals surface area contributed by atoms with Crippen LogP contribution in [0.1, 0.15) is 19.6 Å². The highest BCUT2D eigenvalue weighted by Gasteiger charge is 2.16. The Bertz CT molecular complexity index is 750. The van der Waals surface area contributed by atoms with Crippen molar-refractivity contribution in [3.05, 3.63) is 52.8 Å². The first-order valence-electron chi connectivity index (χ1n) is 7.35. The molecule has 4 nitrogen and oxygen atoms in total. The quantitative estimate of drug-likeness (QED) is 0.604. The Morgan fingerprint density at radius 2 is 1.87 bits per heavy atom. The van der Waals surface area contributed by atoms with Gasteiger partial charge in [0.15, 0.2) is 0 Å². The van der Waals surface area contributed by atoms with E-state index in [1.807, 2.05) is 32.0 Å². The molecule has 2 aromatic rings. The van der Waals surface area contributed by atoms with Crippen LogP contribution < -0.4 is 0 Å². The molecule has 0 atom stereocenters. The van der Waals surface area contributed by atoms with E-state index in [0.29, 0.717) is 29.6 Å². The van der Waals surface area contributed by atoms with E-state index in [0.717, 1.165) is 5.56 Å². The number of hydrogen-bond acceptors (Lipinski definition) is 3. The van der Waals surface area contributed by atoms with Crippen LogP contribution in [0.15, 0.2) is 46.4 Å². The summed E-state index contributed by atoms with van der Waals surface area (Å²) >= 11 is 5.87. The summed E-state index contributed by atoms with van der Waals surface area (Å²) in [7, 11) is 0. The van der Waals surface area contributed by atoms with Gasteiger partial charge in [0, 0.05) is 29.8 Å². The van der Waals surface area contributed by atoms with E-state index in [1.165, 1.54) is 6.08 Å². The van der Waals surface area contributed by atoms with Crippen LogP contribution >= 0.6 is 11.6 Å². The standard InChI is InChI=1S/C18H17ClN2O2/c1-3-21(4-2)18(22)14(12-20)11-16-9-10-17(23-16)13-5-7-15(19)8-6-13/h5-11H,3-4H2,1-2H3/b14-11+. The van der Waals surface area contributed by atoms with Gasteiger partial charge in [-0.2, -0.15) is 5.26 Å². The van der Waals surface area contributed by atoms with E-state index in [2.05, 4.69) is 0 Å². The summed E-state index contributed by atoms with van der Waals surface area (Å²) < 4.78 is 5.70. The van der Waals surface area contributed by atoms with Gasteiger partial charge in [-0.3, -0.25) is 4.79 Å². The molecule has 0 aliphatic rings. The monoisotopic (exact) mass is 328 g/mol. The third-order valence-electron chi connectivity index (χ3n) is 3.44. The maximum absolute atomic E-state index is 12.2. The van der Waals surface area contributed by atoms with Crippen molar-refractivity contribution in [2.24, 2.45) is 0 Å². The minimum Gasteiger partial charge on any atom is -0.457 e. The van der Waals surface area contributed by atoms with Crippen LogP contribution in [0.4, 0.5) is 0 Å². The summed E-state index contributed by atoms with van der Waals surface area (Å²) in [4.78, 5) is 13.8. The summed E-state index contributed by atoms with van der Waals surface area (Å²) in [6.45, 7) is 4.87. The van der Waals surface area contributed by atoms with E-state index in [4.69, 9.17) is 16.0 Å². The number of furan rings is 1. The molecule has 1 heterocycles. The minimum atomic E-state index is -0.290. The number of benzene rings is 1. The maximum atomic E-state index is 12.2. The zero-order valence-corrected chi connectivity index (χ0v) is 13.8. The number of amides is 1. The summed E-state index contributed by atoms with van der Waals surface area (Å²) in [5.74, 6) is 0.828. The molecule has 1 amide bonds. The van der Waals surface area contributed by atoms with Crippen molar-refractivity contribution < 1.29 is 9.21 Å². The lowest BCUT2D eigenvalue weighted by molar-refractivity contribution is -0.126. The average Bonchev–Trinajstić information content (AvgIpc) is 3.03. The van der Waals surface area contributed by atoms with Crippen LogP contribution in [0.5, 0.6) is 0 Å². The minimum absolute atomic E-state index is 0.0608. The fourth-order valence-electron chi connectivity index (χ4n) is 2.16. The second kappa shape index (κ2) is 7.66. The van der Waals surface area contributed by atoms with Gasteiger partial charge >= 0.3 is 0 Å². The molecule has 5 heteroatoms. The fraction of sp³-hybridized carbons (Fsp3) is 0.222. The molecule has 0 N–H and O–H groups in total. The molecular formula is C18H17ClN2O2. The number of halogens is 1. The van der Waals surface area contributed by atoms with Crippen LogP contribution in [0, 0.1) is 11.3 Å². The van der Waals surface area contributed by atoms with Gasteiger partial charge in [0.1, 0.15) is 23.2 Å². The Morgan fingerprint density at radius 3 is 2.43 bits per heavy atom. The van der Waals surface area contributed by atoms with Gasteiger partial charge in [-0.25, -0.2) is 0 Å². The molecule has 1 aromatic carbocycles. The van der Waals surface area contributed by atoms with Crippen LogP contribution in [-0.4, -0.2) is 23.9 Å². The second-order valence-corrected chi connectivity index (χ2v) is 5.29. The second-order valence-electron chi connectivity index (χ2n) is 4.86. The maximum Gasteiger partial charge on any atom is 0.264 e. The summed E-state index contributed by atoms with van der Waals surface area (Å²) in [6, 6.07) is 12.7. The number of rotatable bonds is 5. The summed E-state index contributed by atoms with van der Waals surface area (Å²) in [5.41, 5.74) is 0.938. The van der Waals surface area contributed by atoms with Gasteiger partial charge in [-0.1, -0.05) is 11.6 Å². The van der Waals surface area contributed by atoms with Gasteiger partial charge in [0.25, 0.3) is 5.91 Å². The highest BCUT2D eigenvalue weighted by atomic mass is 35.5. The predicted molar refractivity (Wildman–Crippen MR) is 90.7 cm³/mol.